The highest BCUT2D eigenvalue weighted by Gasteiger charge is 2.47. The van der Waals surface area contributed by atoms with Crippen molar-refractivity contribution in [1.29, 1.82) is 0 Å². The summed E-state index contributed by atoms with van der Waals surface area (Å²) in [7, 11) is 1.32. The summed E-state index contributed by atoms with van der Waals surface area (Å²) in [6, 6.07) is 15.2. The Balaban J connectivity index is 1.41. The summed E-state index contributed by atoms with van der Waals surface area (Å²) in [4.78, 5) is 38.7. The third-order valence-electron chi connectivity index (χ3n) is 6.66. The van der Waals surface area contributed by atoms with Crippen LogP contribution in [0.2, 0.25) is 0 Å². The zero-order valence-electron chi connectivity index (χ0n) is 19.0. The van der Waals surface area contributed by atoms with E-state index in [1.165, 1.54) is 18.1 Å². The average Bonchev–Trinajstić information content (AvgIpc) is 3.43. The molecule has 178 valence electrons. The van der Waals surface area contributed by atoms with E-state index in [4.69, 9.17) is 9.47 Å². The molecule has 2 unspecified atom stereocenters. The van der Waals surface area contributed by atoms with Crippen LogP contribution < -0.4 is 5.32 Å². The Kier molecular flexibility index (Phi) is 6.70. The summed E-state index contributed by atoms with van der Waals surface area (Å²) in [6.07, 6.45) is 1.18. The van der Waals surface area contributed by atoms with Crippen molar-refractivity contribution in [3.63, 3.8) is 0 Å². The smallest absolute Gasteiger partial charge is 0.407 e. The van der Waals surface area contributed by atoms with E-state index < -0.39 is 29.6 Å². The first-order valence-corrected chi connectivity index (χ1v) is 11.2. The number of ether oxygens (including phenoxy) is 2. The van der Waals surface area contributed by atoms with Crippen LogP contribution in [0, 0.1) is 0 Å². The number of alkyl carbamates (subject to hydrolysis) is 1. The van der Waals surface area contributed by atoms with Crippen LogP contribution in [0.3, 0.4) is 0 Å². The number of rotatable bonds is 8. The van der Waals surface area contributed by atoms with Crippen molar-refractivity contribution in [2.45, 2.75) is 30.4 Å². The minimum absolute atomic E-state index is 0.0856. The third-order valence-corrected chi connectivity index (χ3v) is 6.66. The molecule has 34 heavy (non-hydrogen) atoms. The van der Waals surface area contributed by atoms with Crippen molar-refractivity contribution in [1.82, 2.24) is 10.2 Å². The number of carboxylic acids is 1. The van der Waals surface area contributed by atoms with Gasteiger partial charge in [0.15, 0.2) is 5.60 Å². The van der Waals surface area contributed by atoms with E-state index in [-0.39, 0.29) is 38.5 Å². The molecule has 2 aromatic rings. The van der Waals surface area contributed by atoms with E-state index in [0.717, 1.165) is 22.3 Å². The number of nitrogens with one attached hydrogen (secondary N) is 1. The molecule has 2 N–H and O–H groups in total. The predicted molar refractivity (Wildman–Crippen MR) is 125 cm³/mol. The van der Waals surface area contributed by atoms with Crippen LogP contribution in [-0.2, 0) is 19.1 Å². The number of amides is 2. The normalized spacial score (nSPS) is 19.7. The van der Waals surface area contributed by atoms with E-state index in [2.05, 4.69) is 24.0 Å². The number of methoxy groups -OCH3 is 1. The molecule has 2 aromatic carbocycles. The largest absolute Gasteiger partial charge is 0.479 e. The lowest BCUT2D eigenvalue weighted by Gasteiger charge is -2.26. The Morgan fingerprint density at radius 2 is 1.79 bits per heavy atom. The molecule has 2 atom stereocenters. The first-order chi connectivity index (χ1) is 16.4. The lowest BCUT2D eigenvalue weighted by molar-refractivity contribution is -0.161. The maximum Gasteiger partial charge on any atom is 0.407 e. The average molecular weight is 465 g/mol. The Labute approximate surface area is 198 Å². The van der Waals surface area contributed by atoms with Gasteiger partial charge in [0.2, 0.25) is 5.91 Å². The maximum absolute atomic E-state index is 13.0. The first kappa shape index (κ1) is 23.5. The lowest BCUT2D eigenvalue weighted by Crippen LogP contribution is -2.50. The van der Waals surface area contributed by atoms with Crippen LogP contribution >= 0.6 is 0 Å². The molecule has 0 saturated carbocycles. The van der Waals surface area contributed by atoms with Gasteiger partial charge in [-0.2, -0.15) is 0 Å². The fraction of sp³-hybridized carbons (Fsp3) is 0.346. The SMILES string of the molecule is C=CCC(NC(=O)OCC1c2ccccc2-c2ccccc21)C(=O)N1CCC(OC)(C(=O)O)C1. The van der Waals surface area contributed by atoms with Crippen LogP contribution in [0.1, 0.15) is 29.9 Å². The van der Waals surface area contributed by atoms with Gasteiger partial charge in [0.05, 0.1) is 6.54 Å². The fourth-order valence-electron chi connectivity index (χ4n) is 4.79. The van der Waals surface area contributed by atoms with Crippen molar-refractivity contribution in [3.8, 4) is 11.1 Å². The van der Waals surface area contributed by atoms with Crippen molar-refractivity contribution in [2.24, 2.45) is 0 Å². The molecular weight excluding hydrogens is 436 g/mol. The molecule has 0 radical (unpaired) electrons. The highest BCUT2D eigenvalue weighted by Crippen LogP contribution is 2.44. The quantitative estimate of drug-likeness (QED) is 0.582. The highest BCUT2D eigenvalue weighted by molar-refractivity contribution is 5.88. The molecule has 8 nitrogen and oxygen atoms in total. The number of nitrogens with zero attached hydrogens (tertiary/aromatic N) is 1. The second-order valence-electron chi connectivity index (χ2n) is 8.56. The fourth-order valence-corrected chi connectivity index (χ4v) is 4.79. The minimum atomic E-state index is -1.43. The number of hydrogen-bond acceptors (Lipinski definition) is 5. The van der Waals surface area contributed by atoms with Crippen molar-refractivity contribution in [3.05, 3.63) is 72.3 Å². The van der Waals surface area contributed by atoms with E-state index in [1.807, 2.05) is 36.4 Å². The Hall–Kier alpha value is -3.65. The first-order valence-electron chi connectivity index (χ1n) is 11.2. The number of carboxylic acid groups (broad SMARTS) is 1. The van der Waals surface area contributed by atoms with Crippen molar-refractivity contribution in [2.75, 3.05) is 26.8 Å². The number of carbonyl (C=O) groups excluding carboxylic acids is 2. The van der Waals surface area contributed by atoms with Gasteiger partial charge in [-0.25, -0.2) is 9.59 Å². The van der Waals surface area contributed by atoms with E-state index in [9.17, 15) is 19.5 Å². The topological polar surface area (TPSA) is 105 Å². The molecule has 4 rings (SSSR count). The molecule has 1 aliphatic carbocycles. The number of fused-ring (bicyclic) bond motifs is 3. The number of benzene rings is 2. The Morgan fingerprint density at radius 1 is 1.18 bits per heavy atom. The molecule has 0 aromatic heterocycles. The van der Waals surface area contributed by atoms with Gasteiger partial charge < -0.3 is 24.8 Å². The number of aliphatic carboxylic acids is 1. The van der Waals surface area contributed by atoms with Gasteiger partial charge in [-0.1, -0.05) is 54.6 Å². The molecule has 2 amide bonds. The maximum atomic E-state index is 13.0. The molecule has 0 spiro atoms. The summed E-state index contributed by atoms with van der Waals surface area (Å²) in [5.74, 6) is -1.60. The van der Waals surface area contributed by atoms with Gasteiger partial charge in [0, 0.05) is 26.0 Å². The van der Waals surface area contributed by atoms with E-state index in [0.29, 0.717) is 0 Å². The number of hydrogen-bond donors (Lipinski definition) is 2. The van der Waals surface area contributed by atoms with Crippen LogP contribution in [0.25, 0.3) is 11.1 Å². The van der Waals surface area contributed by atoms with Crippen molar-refractivity contribution < 1.29 is 29.0 Å². The third kappa shape index (κ3) is 4.28. The molecule has 1 fully saturated rings. The van der Waals surface area contributed by atoms with Crippen LogP contribution in [0.15, 0.2) is 61.2 Å². The zero-order valence-corrected chi connectivity index (χ0v) is 19.0. The zero-order chi connectivity index (χ0) is 24.3. The van der Waals surface area contributed by atoms with Gasteiger partial charge >= 0.3 is 12.1 Å². The van der Waals surface area contributed by atoms with Gasteiger partial charge in [-0.3, -0.25) is 4.79 Å². The van der Waals surface area contributed by atoms with Crippen LogP contribution in [0.4, 0.5) is 4.79 Å². The van der Waals surface area contributed by atoms with Crippen LogP contribution in [0.5, 0.6) is 0 Å². The monoisotopic (exact) mass is 464 g/mol. The van der Waals surface area contributed by atoms with Gasteiger partial charge in [0.1, 0.15) is 12.6 Å². The standard InChI is InChI=1S/C26H28N2O6/c1-3-8-22(23(29)28-14-13-26(16-28,33-2)24(30)31)27-25(32)34-15-21-19-11-6-4-9-17(19)18-10-5-7-12-20(18)21/h3-7,9-12,21-22H,1,8,13-16H2,2H3,(H,27,32)(H,30,31). The second kappa shape index (κ2) is 9.69. The molecule has 8 heteroatoms. The summed E-state index contributed by atoms with van der Waals surface area (Å²) in [6.45, 7) is 3.93. The Morgan fingerprint density at radius 3 is 2.32 bits per heavy atom. The van der Waals surface area contributed by atoms with Crippen LogP contribution in [-0.4, -0.2) is 66.4 Å². The van der Waals surface area contributed by atoms with Crippen molar-refractivity contribution >= 4 is 18.0 Å². The Bertz CT molecular complexity index is 1070. The number of carbonyl (C=O) groups is 3. The summed E-state index contributed by atoms with van der Waals surface area (Å²) in [5, 5.41) is 12.1. The minimum Gasteiger partial charge on any atom is -0.479 e. The highest BCUT2D eigenvalue weighted by atomic mass is 16.5. The van der Waals surface area contributed by atoms with Gasteiger partial charge in [-0.05, 0) is 28.7 Å². The molecule has 1 heterocycles. The molecule has 1 saturated heterocycles. The second-order valence-corrected chi connectivity index (χ2v) is 8.56. The predicted octanol–water partition coefficient (Wildman–Crippen LogP) is 3.17. The van der Waals surface area contributed by atoms with E-state index >= 15 is 0 Å². The number of likely N-dealkylation sites (tertiary alicyclic amines) is 1. The van der Waals surface area contributed by atoms with E-state index in [1.54, 1.807) is 0 Å². The van der Waals surface area contributed by atoms with Gasteiger partial charge in [-0.15, -0.1) is 6.58 Å². The molecule has 0 bridgehead atoms. The summed E-state index contributed by atoms with van der Waals surface area (Å²) < 4.78 is 10.7. The summed E-state index contributed by atoms with van der Waals surface area (Å²) in [5.41, 5.74) is 3.01. The summed E-state index contributed by atoms with van der Waals surface area (Å²) >= 11 is 0. The molecular formula is C26H28N2O6. The molecule has 2 aliphatic rings. The van der Waals surface area contributed by atoms with Gasteiger partial charge in [0.25, 0.3) is 0 Å². The lowest BCUT2D eigenvalue weighted by atomic mass is 9.98. The molecule has 1 aliphatic heterocycles.